The molecule has 5 aromatic rings. The average Bonchev–Trinajstić information content (AvgIpc) is 3.55. The highest BCUT2D eigenvalue weighted by Crippen LogP contribution is 2.58. The van der Waals surface area contributed by atoms with E-state index in [4.69, 9.17) is 29.1 Å². The SMILES string of the molecule is [2H]C([2H])([2H])c1cc(-c2c(C)ccc3c2oc2c4c(ccc23)C(C([2H])(C([2H])([2H])[2H])C([2H])([2H])[2H])(C([2H])(C([2H])([2H])[2H])C([2H])([2H])[2H])c2ccccc2-4)[n+](C)cc1C([2H])([2H])[2H]. The number of aromatic nitrogens is 1. The highest BCUT2D eigenvalue weighted by atomic mass is 16.3. The minimum atomic E-state index is -3.98. The van der Waals surface area contributed by atoms with Crippen LogP contribution in [0.4, 0.5) is 0 Å². The van der Waals surface area contributed by atoms with Crippen LogP contribution >= 0.6 is 0 Å². The van der Waals surface area contributed by atoms with Gasteiger partial charge in [0.1, 0.15) is 18.2 Å². The first kappa shape index (κ1) is 9.82. The highest BCUT2D eigenvalue weighted by Gasteiger charge is 2.48. The third kappa shape index (κ3) is 2.82. The molecule has 0 amide bonds. The summed E-state index contributed by atoms with van der Waals surface area (Å²) < 4.78 is 179. The number of fused-ring (bicyclic) bond motifs is 7. The van der Waals surface area contributed by atoms with Gasteiger partial charge in [0.2, 0.25) is 5.69 Å². The quantitative estimate of drug-likeness (QED) is 0.230. The van der Waals surface area contributed by atoms with Crippen molar-refractivity contribution in [1.29, 1.82) is 0 Å². The lowest BCUT2D eigenvalue weighted by molar-refractivity contribution is -0.660. The number of hydrogen-bond acceptors (Lipinski definition) is 1. The molecule has 36 heavy (non-hydrogen) atoms. The van der Waals surface area contributed by atoms with E-state index in [9.17, 15) is 2.74 Å². The van der Waals surface area contributed by atoms with Crippen molar-refractivity contribution in [3.63, 3.8) is 0 Å². The summed E-state index contributed by atoms with van der Waals surface area (Å²) in [5, 5.41) is 0.696. The van der Waals surface area contributed by atoms with E-state index < -0.39 is 80.6 Å². The van der Waals surface area contributed by atoms with Crippen LogP contribution in [0.25, 0.3) is 44.3 Å². The second-order valence-electron chi connectivity index (χ2n) is 9.24. The van der Waals surface area contributed by atoms with Crippen molar-refractivity contribution < 1.29 is 36.4 Å². The topological polar surface area (TPSA) is 17.0 Å². The van der Waals surface area contributed by atoms with Crippen LogP contribution in [-0.2, 0) is 12.5 Å². The molecule has 2 nitrogen and oxygen atoms in total. The summed E-state index contributed by atoms with van der Waals surface area (Å²) in [6.45, 7) is -19.7. The van der Waals surface area contributed by atoms with Crippen LogP contribution in [0.15, 0.2) is 65.2 Å². The first-order chi connectivity index (χ1) is 25.2. The lowest BCUT2D eigenvalue weighted by atomic mass is 9.63. The Morgan fingerprint density at radius 1 is 0.806 bits per heavy atom. The van der Waals surface area contributed by atoms with Gasteiger partial charge in [-0.05, 0) is 60.2 Å². The minimum Gasteiger partial charge on any atom is -0.454 e. The Morgan fingerprint density at radius 3 is 2.22 bits per heavy atom. The normalized spacial score (nSPS) is 25.2. The lowest BCUT2D eigenvalue weighted by Gasteiger charge is -2.40. The van der Waals surface area contributed by atoms with E-state index in [0.717, 1.165) is 12.1 Å². The highest BCUT2D eigenvalue weighted by molar-refractivity contribution is 6.14. The fourth-order valence-corrected chi connectivity index (χ4v) is 5.63. The van der Waals surface area contributed by atoms with Crippen LogP contribution in [0, 0.1) is 32.4 Å². The van der Waals surface area contributed by atoms with Crippen molar-refractivity contribution >= 4 is 21.9 Å². The molecule has 182 valence electrons. The molecule has 0 fully saturated rings. The summed E-state index contributed by atoms with van der Waals surface area (Å²) in [7, 11) is 1.52. The first-order valence-corrected chi connectivity index (χ1v) is 11.4. The van der Waals surface area contributed by atoms with Crippen LogP contribution in [-0.4, -0.2) is 0 Å². The molecule has 2 aromatic heterocycles. The largest absolute Gasteiger partial charge is 0.454 e. The molecular weight excluding hydrogens is 438 g/mol. The molecule has 0 bridgehead atoms. The standard InChI is InChI=1S/C34H36NO/c1-19(2)34(20(3)4)27-12-10-9-11-26(27)31-28(34)16-15-25-24-14-13-21(5)30(32(24)36-33(25)31)29-17-22(6)23(7)18-35(29)8/h9-20H,1-8H3/q+1/i1D3,2D3,3D3,4D3,6D3,7D3,19D,20D. The van der Waals surface area contributed by atoms with Crippen molar-refractivity contribution in [2.24, 2.45) is 18.8 Å². The zero-order chi connectivity index (χ0) is 42.4. The second-order valence-corrected chi connectivity index (χ2v) is 9.24. The zero-order valence-electron chi connectivity index (χ0n) is 39.6. The molecular formula is C34H36NO+. The van der Waals surface area contributed by atoms with Crippen molar-refractivity contribution in [3.05, 3.63) is 88.6 Å². The van der Waals surface area contributed by atoms with E-state index in [0.29, 0.717) is 21.9 Å². The van der Waals surface area contributed by atoms with Gasteiger partial charge < -0.3 is 4.42 Å². The molecule has 0 atom stereocenters. The molecule has 0 unspecified atom stereocenters. The number of pyridine rings is 1. The average molecular weight is 495 g/mol. The van der Waals surface area contributed by atoms with Crippen LogP contribution in [0.3, 0.4) is 0 Å². The summed E-state index contributed by atoms with van der Waals surface area (Å²) in [5.74, 6) is -7.96. The van der Waals surface area contributed by atoms with Gasteiger partial charge in [0.15, 0.2) is 6.20 Å². The number of aryl methyl sites for hydroxylation is 4. The molecule has 3 aromatic carbocycles. The first-order valence-electron chi connectivity index (χ1n) is 21.4. The molecule has 2 heterocycles. The van der Waals surface area contributed by atoms with E-state index in [1.165, 1.54) is 48.1 Å². The Kier molecular flexibility index (Phi) is 2.13. The predicted octanol–water partition coefficient (Wildman–Crippen LogP) is 8.58. The van der Waals surface area contributed by atoms with Crippen molar-refractivity contribution in [2.75, 3.05) is 0 Å². The third-order valence-electron chi connectivity index (χ3n) is 7.30. The summed E-state index contributed by atoms with van der Waals surface area (Å²) in [6, 6.07) is 12.4. The number of furan rings is 1. The molecule has 0 radical (unpaired) electrons. The Hall–Kier alpha value is -3.39. The van der Waals surface area contributed by atoms with E-state index >= 15 is 0 Å². The zero-order valence-corrected chi connectivity index (χ0v) is 19.6. The minimum absolute atomic E-state index is 0.0575. The van der Waals surface area contributed by atoms with Crippen molar-refractivity contribution in [1.82, 2.24) is 0 Å². The van der Waals surface area contributed by atoms with Gasteiger partial charge >= 0.3 is 0 Å². The third-order valence-corrected chi connectivity index (χ3v) is 7.30. The molecule has 0 N–H and O–H groups in total. The van der Waals surface area contributed by atoms with Gasteiger partial charge in [-0.3, -0.25) is 0 Å². The van der Waals surface area contributed by atoms with Gasteiger partial charge in [0.25, 0.3) is 0 Å². The second kappa shape index (κ2) is 7.80. The van der Waals surface area contributed by atoms with E-state index in [-0.39, 0.29) is 28.0 Å². The maximum absolute atomic E-state index is 9.63. The molecule has 2 heteroatoms. The Bertz CT molecular complexity index is 2340. The van der Waals surface area contributed by atoms with Crippen molar-refractivity contribution in [2.45, 2.75) is 53.5 Å². The van der Waals surface area contributed by atoms with Crippen LogP contribution in [0.5, 0.6) is 0 Å². The maximum Gasteiger partial charge on any atom is 0.216 e. The number of rotatable bonds is 3. The summed E-state index contributed by atoms with van der Waals surface area (Å²) in [6.07, 6.45) is 1.20. The summed E-state index contributed by atoms with van der Waals surface area (Å²) >= 11 is 0. The van der Waals surface area contributed by atoms with Gasteiger partial charge in [0.05, 0.1) is 5.56 Å². The van der Waals surface area contributed by atoms with E-state index in [2.05, 4.69) is 0 Å². The fourth-order valence-electron chi connectivity index (χ4n) is 5.63. The molecule has 1 aliphatic carbocycles. The molecule has 0 spiro atoms. The number of nitrogens with zero attached hydrogens (tertiary/aromatic N) is 1. The smallest absolute Gasteiger partial charge is 0.216 e. The van der Waals surface area contributed by atoms with Crippen LogP contribution in [0.1, 0.15) is 82.6 Å². The van der Waals surface area contributed by atoms with E-state index in [1.807, 2.05) is 0 Å². The molecule has 1 aliphatic rings. The van der Waals surface area contributed by atoms with Gasteiger partial charge in [-0.2, -0.15) is 0 Å². The molecule has 0 aliphatic heterocycles. The van der Waals surface area contributed by atoms with Gasteiger partial charge in [-0.1, -0.05) is 75.9 Å². The molecule has 6 rings (SSSR count). The van der Waals surface area contributed by atoms with Crippen LogP contribution in [0.2, 0.25) is 0 Å². The van der Waals surface area contributed by atoms with Gasteiger partial charge in [-0.25, -0.2) is 4.57 Å². The monoisotopic (exact) mass is 494 g/mol. The number of hydrogen-bond donors (Lipinski definition) is 0. The van der Waals surface area contributed by atoms with Gasteiger partial charge in [-0.15, -0.1) is 0 Å². The summed E-state index contributed by atoms with van der Waals surface area (Å²) in [4.78, 5) is 0. The lowest BCUT2D eigenvalue weighted by Crippen LogP contribution is -2.37. The van der Waals surface area contributed by atoms with Crippen LogP contribution < -0.4 is 4.57 Å². The predicted molar refractivity (Wildman–Crippen MR) is 150 cm³/mol. The fraction of sp³-hybridized carbons (Fsp3) is 0.324. The molecule has 0 saturated carbocycles. The molecule has 0 saturated heterocycles. The number of benzene rings is 3. The Labute approximate surface area is 242 Å². The Balaban J connectivity index is 1.87. The summed E-state index contributed by atoms with van der Waals surface area (Å²) in [5.41, 5.74) is -4.36. The Morgan fingerprint density at radius 2 is 1.50 bits per heavy atom. The maximum atomic E-state index is 9.63. The van der Waals surface area contributed by atoms with Crippen molar-refractivity contribution in [3.8, 4) is 22.4 Å². The van der Waals surface area contributed by atoms with E-state index in [1.54, 1.807) is 19.1 Å². The van der Waals surface area contributed by atoms with Gasteiger partial charge in [0, 0.05) is 60.8 Å².